The number of ether oxygens (including phenoxy) is 1. The third-order valence-electron chi connectivity index (χ3n) is 2.80. The first-order valence-corrected chi connectivity index (χ1v) is 7.46. The summed E-state index contributed by atoms with van der Waals surface area (Å²) in [5, 5.41) is 4.81. The highest BCUT2D eigenvalue weighted by Crippen LogP contribution is 2.25. The molecule has 0 spiro atoms. The first kappa shape index (κ1) is 15.4. The Hall–Kier alpha value is -2.00. The number of halogens is 2. The number of aromatic nitrogens is 2. The van der Waals surface area contributed by atoms with Crippen molar-refractivity contribution in [3.05, 3.63) is 42.0 Å². The smallest absolute Gasteiger partial charge is 0.238 e. The Morgan fingerprint density at radius 1 is 1.33 bits per heavy atom. The van der Waals surface area contributed by atoms with Crippen LogP contribution in [0.25, 0.3) is 0 Å². The van der Waals surface area contributed by atoms with Gasteiger partial charge in [-0.2, -0.15) is 0 Å². The third-order valence-corrected chi connectivity index (χ3v) is 3.70. The minimum absolute atomic E-state index is 0.000236. The number of hydrogen-bond acceptors (Lipinski definition) is 4. The Balaban J connectivity index is 2.12. The number of rotatable bonds is 5. The Kier molecular flexibility index (Phi) is 4.24. The van der Waals surface area contributed by atoms with Crippen LogP contribution in [-0.4, -0.2) is 24.6 Å². The van der Waals surface area contributed by atoms with E-state index in [2.05, 4.69) is 4.98 Å². The van der Waals surface area contributed by atoms with Gasteiger partial charge in [-0.25, -0.2) is 27.3 Å². The first-order valence-electron chi connectivity index (χ1n) is 5.91. The van der Waals surface area contributed by atoms with Crippen LogP contribution in [0.4, 0.5) is 8.78 Å². The van der Waals surface area contributed by atoms with E-state index in [1.165, 1.54) is 0 Å². The zero-order chi connectivity index (χ0) is 15.6. The van der Waals surface area contributed by atoms with E-state index in [9.17, 15) is 17.2 Å². The highest BCUT2D eigenvalue weighted by atomic mass is 32.2. The van der Waals surface area contributed by atoms with Crippen molar-refractivity contribution in [1.82, 2.24) is 9.55 Å². The van der Waals surface area contributed by atoms with Crippen LogP contribution in [0.3, 0.4) is 0 Å². The molecule has 0 radical (unpaired) electrons. The van der Waals surface area contributed by atoms with Gasteiger partial charge in [-0.15, -0.1) is 0 Å². The molecule has 0 aliphatic carbocycles. The molecule has 0 amide bonds. The zero-order valence-corrected chi connectivity index (χ0v) is 11.9. The van der Waals surface area contributed by atoms with E-state index >= 15 is 0 Å². The van der Waals surface area contributed by atoms with Crippen molar-refractivity contribution >= 4 is 10.0 Å². The molecule has 0 saturated carbocycles. The van der Waals surface area contributed by atoms with Gasteiger partial charge < -0.3 is 9.30 Å². The Morgan fingerprint density at radius 3 is 2.43 bits per heavy atom. The van der Waals surface area contributed by atoms with E-state index in [-0.39, 0.29) is 6.61 Å². The van der Waals surface area contributed by atoms with E-state index in [1.807, 2.05) is 0 Å². The van der Waals surface area contributed by atoms with Crippen molar-refractivity contribution in [3.8, 4) is 5.75 Å². The van der Waals surface area contributed by atoms with Crippen LogP contribution in [0.5, 0.6) is 5.75 Å². The van der Waals surface area contributed by atoms with Crippen LogP contribution < -0.4 is 9.88 Å². The molecule has 21 heavy (non-hydrogen) atoms. The summed E-state index contributed by atoms with van der Waals surface area (Å²) in [5.74, 6) is -2.15. The summed E-state index contributed by atoms with van der Waals surface area (Å²) in [4.78, 5) is 3.35. The van der Waals surface area contributed by atoms with Crippen LogP contribution in [-0.2, 0) is 16.6 Å². The zero-order valence-electron chi connectivity index (χ0n) is 11.1. The van der Waals surface area contributed by atoms with Gasteiger partial charge in [-0.3, -0.25) is 0 Å². The Labute approximate surface area is 120 Å². The van der Waals surface area contributed by atoms with Gasteiger partial charge in [-0.05, 0) is 19.1 Å². The molecule has 6 nitrogen and oxygen atoms in total. The number of nitrogens with zero attached hydrogens (tertiary/aromatic N) is 2. The maximum Gasteiger partial charge on any atom is 0.238 e. The van der Waals surface area contributed by atoms with Crippen molar-refractivity contribution in [2.45, 2.75) is 18.4 Å². The van der Waals surface area contributed by atoms with Gasteiger partial charge >= 0.3 is 0 Å². The second kappa shape index (κ2) is 5.78. The van der Waals surface area contributed by atoms with E-state index in [1.54, 1.807) is 23.9 Å². The molecule has 1 aromatic carbocycles. The topological polar surface area (TPSA) is 87.2 Å². The molecule has 0 saturated heterocycles. The third kappa shape index (κ3) is 3.56. The SMILES string of the molecule is Cc1nccn1CCOc1c(F)cc(S(N)(=O)=O)cc1F. The second-order valence-corrected chi connectivity index (χ2v) is 5.84. The number of nitrogens with two attached hydrogens (primary N) is 1. The van der Waals surface area contributed by atoms with Crippen molar-refractivity contribution in [2.75, 3.05) is 6.61 Å². The summed E-state index contributed by atoms with van der Waals surface area (Å²) in [6.07, 6.45) is 3.30. The fourth-order valence-corrected chi connectivity index (χ4v) is 2.26. The maximum absolute atomic E-state index is 13.7. The minimum atomic E-state index is -4.17. The molecule has 2 N–H and O–H groups in total. The number of primary sulfonamides is 1. The van der Waals surface area contributed by atoms with Gasteiger partial charge in [0.1, 0.15) is 12.4 Å². The highest BCUT2D eigenvalue weighted by Gasteiger charge is 2.18. The van der Waals surface area contributed by atoms with E-state index in [0.717, 1.165) is 5.82 Å². The molecule has 1 aromatic heterocycles. The Bertz CT molecular complexity index is 736. The molecule has 2 aromatic rings. The normalized spacial score (nSPS) is 11.6. The molecule has 0 bridgehead atoms. The second-order valence-electron chi connectivity index (χ2n) is 4.28. The summed E-state index contributed by atoms with van der Waals surface area (Å²) < 4.78 is 56.2. The van der Waals surface area contributed by atoms with E-state index < -0.39 is 32.3 Å². The summed E-state index contributed by atoms with van der Waals surface area (Å²) >= 11 is 0. The predicted molar refractivity (Wildman–Crippen MR) is 70.2 cm³/mol. The molecule has 0 aliphatic rings. The van der Waals surface area contributed by atoms with Crippen LogP contribution in [0.15, 0.2) is 29.4 Å². The van der Waals surface area contributed by atoms with E-state index in [4.69, 9.17) is 9.88 Å². The fourth-order valence-electron chi connectivity index (χ4n) is 1.72. The van der Waals surface area contributed by atoms with Crippen LogP contribution in [0, 0.1) is 18.6 Å². The lowest BCUT2D eigenvalue weighted by atomic mass is 10.3. The monoisotopic (exact) mass is 317 g/mol. The molecule has 0 aliphatic heterocycles. The van der Waals surface area contributed by atoms with Gasteiger partial charge in [0, 0.05) is 12.4 Å². The molecule has 0 fully saturated rings. The number of sulfonamides is 1. The standard InChI is InChI=1S/C12H13F2N3O3S/c1-8-16-2-3-17(8)4-5-20-12-10(13)6-9(7-11(12)14)21(15,18)19/h2-3,6-7H,4-5H2,1H3,(H2,15,18,19). The van der Waals surface area contributed by atoms with Gasteiger partial charge in [0.2, 0.25) is 10.0 Å². The van der Waals surface area contributed by atoms with Crippen molar-refractivity contribution in [3.63, 3.8) is 0 Å². The van der Waals surface area contributed by atoms with Gasteiger partial charge in [0.25, 0.3) is 0 Å². The number of benzene rings is 1. The molecular formula is C12H13F2N3O3S. The average Bonchev–Trinajstić information content (AvgIpc) is 2.77. The number of imidazole rings is 1. The molecule has 1 heterocycles. The van der Waals surface area contributed by atoms with Crippen molar-refractivity contribution < 1.29 is 21.9 Å². The minimum Gasteiger partial charge on any atom is -0.486 e. The highest BCUT2D eigenvalue weighted by molar-refractivity contribution is 7.89. The lowest BCUT2D eigenvalue weighted by Gasteiger charge is -2.10. The average molecular weight is 317 g/mol. The molecular weight excluding hydrogens is 304 g/mol. The van der Waals surface area contributed by atoms with Crippen molar-refractivity contribution in [2.24, 2.45) is 5.14 Å². The van der Waals surface area contributed by atoms with Crippen LogP contribution >= 0.6 is 0 Å². The molecule has 9 heteroatoms. The first-order chi connectivity index (χ1) is 9.79. The molecule has 0 unspecified atom stereocenters. The van der Waals surface area contributed by atoms with Gasteiger partial charge in [-0.1, -0.05) is 0 Å². The number of aryl methyl sites for hydroxylation is 1. The summed E-state index contributed by atoms with van der Waals surface area (Å²) in [5.41, 5.74) is 0. The van der Waals surface area contributed by atoms with Crippen LogP contribution in [0.2, 0.25) is 0 Å². The molecule has 114 valence electrons. The summed E-state index contributed by atoms with van der Waals surface area (Å²) in [6.45, 7) is 2.13. The lowest BCUT2D eigenvalue weighted by Crippen LogP contribution is -2.14. The molecule has 0 atom stereocenters. The van der Waals surface area contributed by atoms with Crippen molar-refractivity contribution in [1.29, 1.82) is 0 Å². The van der Waals surface area contributed by atoms with E-state index in [0.29, 0.717) is 18.7 Å². The predicted octanol–water partition coefficient (Wildman–Crippen LogP) is 1.20. The van der Waals surface area contributed by atoms with Gasteiger partial charge in [0.05, 0.1) is 11.4 Å². The fraction of sp³-hybridized carbons (Fsp3) is 0.250. The quantitative estimate of drug-likeness (QED) is 0.897. The molecule has 2 rings (SSSR count). The number of hydrogen-bond donors (Lipinski definition) is 1. The van der Waals surface area contributed by atoms with Gasteiger partial charge in [0.15, 0.2) is 17.4 Å². The maximum atomic E-state index is 13.7. The summed E-state index contributed by atoms with van der Waals surface area (Å²) in [7, 11) is -4.17. The Morgan fingerprint density at radius 2 is 1.95 bits per heavy atom. The summed E-state index contributed by atoms with van der Waals surface area (Å²) in [6, 6.07) is 1.24. The lowest BCUT2D eigenvalue weighted by molar-refractivity contribution is 0.268. The van der Waals surface area contributed by atoms with Crippen LogP contribution in [0.1, 0.15) is 5.82 Å². The largest absolute Gasteiger partial charge is 0.486 e.